The van der Waals surface area contributed by atoms with E-state index in [-0.39, 0.29) is 11.5 Å². The molecule has 1 N–H and O–H groups in total. The van der Waals surface area contributed by atoms with Crippen molar-refractivity contribution in [3.05, 3.63) is 35.4 Å². The van der Waals surface area contributed by atoms with Crippen LogP contribution >= 0.6 is 11.6 Å². The van der Waals surface area contributed by atoms with Gasteiger partial charge in [0.2, 0.25) is 0 Å². The summed E-state index contributed by atoms with van der Waals surface area (Å²) in [4.78, 5) is 11.5. The number of ketones is 1. The third kappa shape index (κ3) is 3.10. The molecular weight excluding hydrogens is 212 g/mol. The van der Waals surface area contributed by atoms with Crippen molar-refractivity contribution >= 4 is 23.5 Å². The Labute approximate surface area is 94.2 Å². The number of aromatic hydroxyl groups is 1. The standard InChI is InChI=1S/C12H13ClO2/c1-2-11(14)10-8-9(4-3-7-13)5-6-12(10)15/h3-6,8,15H,2,7H2,1H3. The fourth-order valence-corrected chi connectivity index (χ4v) is 1.34. The maximum absolute atomic E-state index is 11.5. The average Bonchev–Trinajstić information content (AvgIpc) is 2.27. The molecule has 1 rings (SSSR count). The molecule has 0 amide bonds. The normalized spacial score (nSPS) is 10.8. The molecule has 0 bridgehead atoms. The molecule has 0 saturated heterocycles. The molecule has 0 saturated carbocycles. The first-order valence-corrected chi connectivity index (χ1v) is 5.31. The summed E-state index contributed by atoms with van der Waals surface area (Å²) in [5.74, 6) is 0.399. The Morgan fingerprint density at radius 2 is 2.27 bits per heavy atom. The number of hydrogen-bond acceptors (Lipinski definition) is 2. The van der Waals surface area contributed by atoms with E-state index >= 15 is 0 Å². The Bertz CT molecular complexity index is 383. The highest BCUT2D eigenvalue weighted by molar-refractivity contribution is 6.19. The highest BCUT2D eigenvalue weighted by Gasteiger charge is 2.08. The van der Waals surface area contributed by atoms with Gasteiger partial charge in [0.15, 0.2) is 5.78 Å². The monoisotopic (exact) mass is 224 g/mol. The number of phenols is 1. The second kappa shape index (κ2) is 5.56. The molecule has 1 aromatic rings. The van der Waals surface area contributed by atoms with Crippen LogP contribution in [0.5, 0.6) is 5.75 Å². The van der Waals surface area contributed by atoms with Gasteiger partial charge in [-0.1, -0.05) is 25.1 Å². The molecule has 1 aromatic carbocycles. The molecule has 0 aliphatic rings. The van der Waals surface area contributed by atoms with Crippen LogP contribution in [-0.2, 0) is 0 Å². The summed E-state index contributed by atoms with van der Waals surface area (Å²) in [6.07, 6.45) is 3.99. The van der Waals surface area contributed by atoms with Gasteiger partial charge in [0.05, 0.1) is 5.56 Å². The molecular formula is C12H13ClO2. The Morgan fingerprint density at radius 1 is 1.53 bits per heavy atom. The Kier molecular flexibility index (Phi) is 4.37. The first kappa shape index (κ1) is 11.8. The fraction of sp³-hybridized carbons (Fsp3) is 0.250. The van der Waals surface area contributed by atoms with Crippen molar-refractivity contribution in [2.75, 3.05) is 5.88 Å². The number of Topliss-reactive ketones (excluding diaryl/α,β-unsaturated/α-hetero) is 1. The van der Waals surface area contributed by atoms with Gasteiger partial charge in [-0.3, -0.25) is 4.79 Å². The van der Waals surface area contributed by atoms with Gasteiger partial charge in [0.25, 0.3) is 0 Å². The molecule has 0 heterocycles. The van der Waals surface area contributed by atoms with Crippen molar-refractivity contribution < 1.29 is 9.90 Å². The quantitative estimate of drug-likeness (QED) is 0.630. The summed E-state index contributed by atoms with van der Waals surface area (Å²) in [6, 6.07) is 4.94. The number of carbonyl (C=O) groups excluding carboxylic acids is 1. The smallest absolute Gasteiger partial charge is 0.166 e. The van der Waals surface area contributed by atoms with Crippen LogP contribution < -0.4 is 0 Å². The molecule has 15 heavy (non-hydrogen) atoms. The number of alkyl halides is 1. The van der Waals surface area contributed by atoms with Gasteiger partial charge in [-0.2, -0.15) is 0 Å². The highest BCUT2D eigenvalue weighted by Crippen LogP contribution is 2.20. The number of allylic oxidation sites excluding steroid dienone is 1. The molecule has 0 unspecified atom stereocenters. The maximum atomic E-state index is 11.5. The third-order valence-corrected chi connectivity index (χ3v) is 2.22. The van der Waals surface area contributed by atoms with E-state index in [1.165, 1.54) is 6.07 Å². The van der Waals surface area contributed by atoms with Crippen LogP contribution in [0.15, 0.2) is 24.3 Å². The van der Waals surface area contributed by atoms with E-state index in [0.717, 1.165) is 5.56 Å². The lowest BCUT2D eigenvalue weighted by molar-refractivity contribution is 0.0985. The first-order chi connectivity index (χ1) is 7.19. The van der Waals surface area contributed by atoms with Crippen LogP contribution in [0, 0.1) is 0 Å². The van der Waals surface area contributed by atoms with E-state index in [9.17, 15) is 9.90 Å². The molecule has 80 valence electrons. The molecule has 3 heteroatoms. The number of carbonyl (C=O) groups is 1. The van der Waals surface area contributed by atoms with Crippen LogP contribution in [0.25, 0.3) is 6.08 Å². The van der Waals surface area contributed by atoms with Crippen molar-refractivity contribution in [2.24, 2.45) is 0 Å². The van der Waals surface area contributed by atoms with Crippen molar-refractivity contribution in [1.29, 1.82) is 0 Å². The molecule has 0 aliphatic carbocycles. The second-order valence-corrected chi connectivity index (χ2v) is 3.42. The zero-order chi connectivity index (χ0) is 11.3. The molecule has 0 fully saturated rings. The zero-order valence-corrected chi connectivity index (χ0v) is 9.29. The van der Waals surface area contributed by atoms with Gasteiger partial charge in [0, 0.05) is 12.3 Å². The fourth-order valence-electron chi connectivity index (χ4n) is 1.25. The Hall–Kier alpha value is -1.28. The zero-order valence-electron chi connectivity index (χ0n) is 8.53. The number of hydrogen-bond donors (Lipinski definition) is 1. The molecule has 0 aliphatic heterocycles. The summed E-state index contributed by atoms with van der Waals surface area (Å²) >= 11 is 5.51. The number of rotatable bonds is 4. The average molecular weight is 225 g/mol. The van der Waals surface area contributed by atoms with E-state index in [0.29, 0.717) is 17.9 Å². The molecule has 2 nitrogen and oxygen atoms in total. The summed E-state index contributed by atoms with van der Waals surface area (Å²) in [7, 11) is 0. The first-order valence-electron chi connectivity index (χ1n) is 4.77. The summed E-state index contributed by atoms with van der Waals surface area (Å²) < 4.78 is 0. The van der Waals surface area contributed by atoms with Gasteiger partial charge >= 0.3 is 0 Å². The third-order valence-electron chi connectivity index (χ3n) is 2.04. The Balaban J connectivity index is 3.05. The minimum absolute atomic E-state index is 0.0323. The van der Waals surface area contributed by atoms with Gasteiger partial charge in [-0.25, -0.2) is 0 Å². The lowest BCUT2D eigenvalue weighted by Gasteiger charge is -2.03. The van der Waals surface area contributed by atoms with E-state index in [2.05, 4.69) is 0 Å². The van der Waals surface area contributed by atoms with Crippen LogP contribution in [0.3, 0.4) is 0 Å². The summed E-state index contributed by atoms with van der Waals surface area (Å²) in [5.41, 5.74) is 1.24. The van der Waals surface area contributed by atoms with E-state index < -0.39 is 0 Å². The minimum atomic E-state index is -0.0615. The van der Waals surface area contributed by atoms with Crippen LogP contribution in [0.4, 0.5) is 0 Å². The highest BCUT2D eigenvalue weighted by atomic mass is 35.5. The van der Waals surface area contributed by atoms with Crippen molar-refractivity contribution in [3.63, 3.8) is 0 Å². The minimum Gasteiger partial charge on any atom is -0.507 e. The van der Waals surface area contributed by atoms with E-state index in [1.54, 1.807) is 25.1 Å². The summed E-state index contributed by atoms with van der Waals surface area (Å²) in [5, 5.41) is 9.49. The van der Waals surface area contributed by atoms with E-state index in [1.807, 2.05) is 6.08 Å². The van der Waals surface area contributed by atoms with Gasteiger partial charge in [0.1, 0.15) is 5.75 Å². The lowest BCUT2D eigenvalue weighted by atomic mass is 10.0. The second-order valence-electron chi connectivity index (χ2n) is 3.11. The lowest BCUT2D eigenvalue weighted by Crippen LogP contribution is -1.97. The van der Waals surface area contributed by atoms with Crippen LogP contribution in [-0.4, -0.2) is 16.8 Å². The van der Waals surface area contributed by atoms with Gasteiger partial charge in [-0.05, 0) is 17.7 Å². The van der Waals surface area contributed by atoms with Crippen LogP contribution in [0.1, 0.15) is 29.3 Å². The SMILES string of the molecule is CCC(=O)c1cc(C=CCCl)ccc1O. The number of benzene rings is 1. The maximum Gasteiger partial charge on any atom is 0.166 e. The predicted molar refractivity (Wildman–Crippen MR) is 62.5 cm³/mol. The van der Waals surface area contributed by atoms with Gasteiger partial charge < -0.3 is 5.11 Å². The molecule has 0 aromatic heterocycles. The van der Waals surface area contributed by atoms with E-state index in [4.69, 9.17) is 11.6 Å². The largest absolute Gasteiger partial charge is 0.507 e. The van der Waals surface area contributed by atoms with Crippen LogP contribution in [0.2, 0.25) is 0 Å². The van der Waals surface area contributed by atoms with Crippen molar-refractivity contribution in [1.82, 2.24) is 0 Å². The predicted octanol–water partition coefficient (Wildman–Crippen LogP) is 3.24. The number of phenolic OH excluding ortho intramolecular Hbond substituents is 1. The van der Waals surface area contributed by atoms with Crippen molar-refractivity contribution in [3.8, 4) is 5.75 Å². The summed E-state index contributed by atoms with van der Waals surface area (Å²) in [6.45, 7) is 1.77. The number of halogens is 1. The molecule has 0 spiro atoms. The van der Waals surface area contributed by atoms with Gasteiger partial charge in [-0.15, -0.1) is 11.6 Å². The van der Waals surface area contributed by atoms with Crippen molar-refractivity contribution in [2.45, 2.75) is 13.3 Å². The molecule has 0 radical (unpaired) electrons. The Morgan fingerprint density at radius 3 is 2.87 bits per heavy atom. The molecule has 0 atom stereocenters. The topological polar surface area (TPSA) is 37.3 Å².